The van der Waals surface area contributed by atoms with Gasteiger partial charge in [-0.1, -0.05) is 36.0 Å². The third-order valence-corrected chi connectivity index (χ3v) is 5.23. The number of anilines is 2. The van der Waals surface area contributed by atoms with Crippen LogP contribution >= 0.6 is 11.8 Å². The minimum Gasteiger partial charge on any atom is -0.335 e. The normalized spacial score (nSPS) is 11.7. The van der Waals surface area contributed by atoms with Crippen LogP contribution < -0.4 is 16.5 Å². The first-order chi connectivity index (χ1) is 13.8. The fraction of sp³-hybridized carbons (Fsp3) is 0.200. The van der Waals surface area contributed by atoms with Crippen molar-refractivity contribution in [3.8, 4) is 11.4 Å². The molecule has 0 radical (unpaired) electrons. The Morgan fingerprint density at radius 2 is 1.66 bits per heavy atom. The topological polar surface area (TPSA) is 115 Å². The fourth-order valence-corrected chi connectivity index (χ4v) is 3.43. The third-order valence-electron chi connectivity index (χ3n) is 4.17. The van der Waals surface area contributed by atoms with Crippen LogP contribution in [0.2, 0.25) is 0 Å². The number of aryl methyl sites for hydroxylation is 1. The molecule has 0 bridgehead atoms. The molecular formula is C20H22N6O2S. The number of rotatable bonds is 6. The van der Waals surface area contributed by atoms with Gasteiger partial charge in [-0.3, -0.25) is 9.59 Å². The number of hydrogen-bond donors (Lipinski definition) is 3. The standard InChI is InChI=1S/C20H22N6O2S/c1-12-6-4-5-7-17(12)18-24-25-20(26(18)21)29-13(2)19(28)23-16-10-8-15(9-11-16)22-14(3)27/h4-11,13H,21H2,1-3H3,(H,22,27)(H,23,28)/t13-/m1/s1. The summed E-state index contributed by atoms with van der Waals surface area (Å²) >= 11 is 1.23. The van der Waals surface area contributed by atoms with Gasteiger partial charge in [0.1, 0.15) is 0 Å². The van der Waals surface area contributed by atoms with Crippen LogP contribution in [-0.2, 0) is 9.59 Å². The van der Waals surface area contributed by atoms with Crippen molar-refractivity contribution in [1.82, 2.24) is 14.9 Å². The van der Waals surface area contributed by atoms with E-state index < -0.39 is 5.25 Å². The molecule has 2 aromatic carbocycles. The number of benzene rings is 2. The number of amides is 2. The van der Waals surface area contributed by atoms with E-state index in [1.165, 1.54) is 23.4 Å². The highest BCUT2D eigenvalue weighted by atomic mass is 32.2. The Morgan fingerprint density at radius 3 is 2.28 bits per heavy atom. The summed E-state index contributed by atoms with van der Waals surface area (Å²) in [6.45, 7) is 5.19. The maximum Gasteiger partial charge on any atom is 0.237 e. The van der Waals surface area contributed by atoms with Crippen molar-refractivity contribution >= 4 is 35.0 Å². The summed E-state index contributed by atoms with van der Waals surface area (Å²) in [4.78, 5) is 23.6. The lowest BCUT2D eigenvalue weighted by Gasteiger charge is -2.12. The number of carbonyl (C=O) groups excluding carboxylic acids is 2. The van der Waals surface area contributed by atoms with Gasteiger partial charge in [0.2, 0.25) is 17.0 Å². The molecule has 3 aromatic rings. The van der Waals surface area contributed by atoms with Crippen LogP contribution in [0.25, 0.3) is 11.4 Å². The van der Waals surface area contributed by atoms with E-state index in [2.05, 4.69) is 20.8 Å². The second kappa shape index (κ2) is 8.78. The predicted molar refractivity (Wildman–Crippen MR) is 115 cm³/mol. The number of nitrogens with one attached hydrogen (secondary N) is 2. The zero-order valence-electron chi connectivity index (χ0n) is 16.3. The largest absolute Gasteiger partial charge is 0.335 e. The Morgan fingerprint density at radius 1 is 1.03 bits per heavy atom. The molecule has 0 saturated heterocycles. The number of hydrogen-bond acceptors (Lipinski definition) is 6. The van der Waals surface area contributed by atoms with Crippen LogP contribution in [-0.4, -0.2) is 31.9 Å². The minimum atomic E-state index is -0.443. The number of nitrogen functional groups attached to an aromatic ring is 1. The Balaban J connectivity index is 1.66. The zero-order chi connectivity index (χ0) is 21.0. The number of carbonyl (C=O) groups is 2. The van der Waals surface area contributed by atoms with Gasteiger partial charge < -0.3 is 16.5 Å². The highest BCUT2D eigenvalue weighted by molar-refractivity contribution is 8.00. The monoisotopic (exact) mass is 410 g/mol. The molecule has 3 rings (SSSR count). The highest BCUT2D eigenvalue weighted by Gasteiger charge is 2.20. The molecule has 4 N–H and O–H groups in total. The molecule has 1 atom stereocenters. The molecule has 0 unspecified atom stereocenters. The molecule has 0 fully saturated rings. The molecule has 0 saturated carbocycles. The van der Waals surface area contributed by atoms with Gasteiger partial charge in [0.05, 0.1) is 5.25 Å². The highest BCUT2D eigenvalue weighted by Crippen LogP contribution is 2.27. The van der Waals surface area contributed by atoms with Crippen LogP contribution in [0.4, 0.5) is 11.4 Å². The predicted octanol–water partition coefficient (Wildman–Crippen LogP) is 3.05. The second-order valence-electron chi connectivity index (χ2n) is 6.50. The minimum absolute atomic E-state index is 0.150. The van der Waals surface area contributed by atoms with Gasteiger partial charge in [-0.2, -0.15) is 0 Å². The maximum absolute atomic E-state index is 12.5. The lowest BCUT2D eigenvalue weighted by atomic mass is 10.1. The lowest BCUT2D eigenvalue weighted by Crippen LogP contribution is -2.23. The smallest absolute Gasteiger partial charge is 0.237 e. The van der Waals surface area contributed by atoms with E-state index >= 15 is 0 Å². The van der Waals surface area contributed by atoms with Gasteiger partial charge in [0, 0.05) is 23.9 Å². The molecule has 9 heteroatoms. The van der Waals surface area contributed by atoms with Gasteiger partial charge in [-0.15, -0.1) is 10.2 Å². The van der Waals surface area contributed by atoms with Crippen LogP contribution in [0.3, 0.4) is 0 Å². The summed E-state index contributed by atoms with van der Waals surface area (Å²) in [5.74, 6) is 6.37. The molecule has 1 aromatic heterocycles. The van der Waals surface area contributed by atoms with E-state index in [0.717, 1.165) is 11.1 Å². The molecular weight excluding hydrogens is 388 g/mol. The van der Waals surface area contributed by atoms with Crippen molar-refractivity contribution in [3.63, 3.8) is 0 Å². The van der Waals surface area contributed by atoms with Crippen LogP contribution in [0.15, 0.2) is 53.7 Å². The van der Waals surface area contributed by atoms with Gasteiger partial charge in [-0.25, -0.2) is 4.68 Å². The Kier molecular flexibility index (Phi) is 6.18. The van der Waals surface area contributed by atoms with E-state index in [4.69, 9.17) is 5.84 Å². The SMILES string of the molecule is CC(=O)Nc1ccc(NC(=O)[C@@H](C)Sc2nnc(-c3ccccc3C)n2N)cc1. The first-order valence-electron chi connectivity index (χ1n) is 8.97. The summed E-state index contributed by atoms with van der Waals surface area (Å²) in [7, 11) is 0. The van der Waals surface area contributed by atoms with Crippen molar-refractivity contribution in [2.45, 2.75) is 31.2 Å². The molecule has 0 spiro atoms. The lowest BCUT2D eigenvalue weighted by molar-refractivity contribution is -0.115. The van der Waals surface area contributed by atoms with Crippen molar-refractivity contribution in [3.05, 3.63) is 54.1 Å². The number of nitrogens with two attached hydrogens (primary N) is 1. The summed E-state index contributed by atoms with van der Waals surface area (Å²) in [5, 5.41) is 13.8. The first-order valence-corrected chi connectivity index (χ1v) is 9.85. The third kappa shape index (κ3) is 4.94. The summed E-state index contributed by atoms with van der Waals surface area (Å²) in [6.07, 6.45) is 0. The van der Waals surface area contributed by atoms with Gasteiger partial charge in [0.25, 0.3) is 0 Å². The molecule has 150 valence electrons. The molecule has 0 aliphatic heterocycles. The molecule has 1 heterocycles. The number of nitrogens with zero attached hydrogens (tertiary/aromatic N) is 3. The second-order valence-corrected chi connectivity index (χ2v) is 7.81. The van der Waals surface area contributed by atoms with E-state index in [0.29, 0.717) is 22.4 Å². The molecule has 0 aliphatic rings. The van der Waals surface area contributed by atoms with E-state index in [-0.39, 0.29) is 11.8 Å². The average molecular weight is 411 g/mol. The molecule has 29 heavy (non-hydrogen) atoms. The van der Waals surface area contributed by atoms with E-state index in [1.807, 2.05) is 31.2 Å². The van der Waals surface area contributed by atoms with Crippen LogP contribution in [0.1, 0.15) is 19.4 Å². The van der Waals surface area contributed by atoms with Crippen LogP contribution in [0.5, 0.6) is 0 Å². The summed E-state index contributed by atoms with van der Waals surface area (Å²) in [5.41, 5.74) is 3.23. The van der Waals surface area contributed by atoms with Crippen molar-refractivity contribution < 1.29 is 9.59 Å². The maximum atomic E-state index is 12.5. The van der Waals surface area contributed by atoms with E-state index in [1.54, 1.807) is 31.2 Å². The number of aromatic nitrogens is 3. The summed E-state index contributed by atoms with van der Waals surface area (Å²) in [6, 6.07) is 14.7. The van der Waals surface area contributed by atoms with E-state index in [9.17, 15) is 9.59 Å². The van der Waals surface area contributed by atoms with Crippen molar-refractivity contribution in [2.75, 3.05) is 16.5 Å². The quantitative estimate of drug-likeness (QED) is 0.425. The fourth-order valence-electron chi connectivity index (χ4n) is 2.66. The summed E-state index contributed by atoms with van der Waals surface area (Å²) < 4.78 is 1.40. The molecule has 0 aliphatic carbocycles. The van der Waals surface area contributed by atoms with Gasteiger partial charge in [0.15, 0.2) is 5.82 Å². The Hall–Kier alpha value is -3.33. The average Bonchev–Trinajstić information content (AvgIpc) is 3.03. The van der Waals surface area contributed by atoms with Crippen LogP contribution in [0, 0.1) is 6.92 Å². The Labute approximate surface area is 172 Å². The van der Waals surface area contributed by atoms with Gasteiger partial charge in [-0.05, 0) is 43.7 Å². The van der Waals surface area contributed by atoms with Crippen molar-refractivity contribution in [2.24, 2.45) is 0 Å². The first kappa shape index (κ1) is 20.4. The molecule has 2 amide bonds. The molecule has 8 nitrogen and oxygen atoms in total. The van der Waals surface area contributed by atoms with Crippen molar-refractivity contribution in [1.29, 1.82) is 0 Å². The number of thioether (sulfide) groups is 1. The Bertz CT molecular complexity index is 1030. The zero-order valence-corrected chi connectivity index (χ0v) is 17.2. The van der Waals surface area contributed by atoms with Gasteiger partial charge >= 0.3 is 0 Å².